The van der Waals surface area contributed by atoms with Gasteiger partial charge in [-0.2, -0.15) is 0 Å². The molecule has 0 bridgehead atoms. The van der Waals surface area contributed by atoms with Crippen molar-refractivity contribution in [2.75, 3.05) is 51.7 Å². The SMILES string of the molecule is CC(CN1CCOCC1)NS(=O)(=O)CCC1CCNCC1. The molecule has 1 unspecified atom stereocenters. The van der Waals surface area contributed by atoms with E-state index in [4.69, 9.17) is 4.74 Å². The van der Waals surface area contributed by atoms with Crippen LogP contribution in [0.15, 0.2) is 0 Å². The number of nitrogens with one attached hydrogen (secondary N) is 2. The number of hydrogen-bond donors (Lipinski definition) is 2. The third-order valence-electron chi connectivity index (χ3n) is 4.27. The zero-order valence-electron chi connectivity index (χ0n) is 13.0. The lowest BCUT2D eigenvalue weighted by atomic mass is 9.96. The molecule has 124 valence electrons. The molecule has 7 heteroatoms. The van der Waals surface area contributed by atoms with Gasteiger partial charge >= 0.3 is 0 Å². The summed E-state index contributed by atoms with van der Waals surface area (Å²) in [5, 5.41) is 3.31. The van der Waals surface area contributed by atoms with E-state index in [-0.39, 0.29) is 11.8 Å². The van der Waals surface area contributed by atoms with E-state index in [1.54, 1.807) is 0 Å². The lowest BCUT2D eigenvalue weighted by Crippen LogP contribution is -2.46. The third-order valence-corrected chi connectivity index (χ3v) is 5.80. The van der Waals surface area contributed by atoms with Crippen molar-refractivity contribution in [1.82, 2.24) is 14.9 Å². The highest BCUT2D eigenvalue weighted by Crippen LogP contribution is 2.16. The largest absolute Gasteiger partial charge is 0.379 e. The molecule has 0 aromatic heterocycles. The van der Waals surface area contributed by atoms with Gasteiger partial charge in [-0.1, -0.05) is 0 Å². The Balaban J connectivity index is 1.68. The highest BCUT2D eigenvalue weighted by atomic mass is 32.2. The summed E-state index contributed by atoms with van der Waals surface area (Å²) in [6.45, 7) is 8.01. The van der Waals surface area contributed by atoms with Gasteiger partial charge in [-0.3, -0.25) is 4.90 Å². The topological polar surface area (TPSA) is 70.7 Å². The fraction of sp³-hybridized carbons (Fsp3) is 1.00. The molecule has 2 aliphatic heterocycles. The number of rotatable bonds is 7. The van der Waals surface area contributed by atoms with Crippen LogP contribution in [0, 0.1) is 5.92 Å². The maximum atomic E-state index is 12.2. The van der Waals surface area contributed by atoms with E-state index in [1.807, 2.05) is 6.92 Å². The van der Waals surface area contributed by atoms with Crippen molar-refractivity contribution >= 4 is 10.0 Å². The lowest BCUT2D eigenvalue weighted by Gasteiger charge is -2.29. The van der Waals surface area contributed by atoms with Crippen LogP contribution in [0.25, 0.3) is 0 Å². The molecule has 2 saturated heterocycles. The number of sulfonamides is 1. The van der Waals surface area contributed by atoms with Gasteiger partial charge in [0, 0.05) is 25.7 Å². The molecular weight excluding hydrogens is 290 g/mol. The number of nitrogens with zero attached hydrogens (tertiary/aromatic N) is 1. The molecule has 0 saturated carbocycles. The number of ether oxygens (including phenoxy) is 1. The molecule has 0 aromatic rings. The Morgan fingerprint density at radius 2 is 1.95 bits per heavy atom. The summed E-state index contributed by atoms with van der Waals surface area (Å²) in [7, 11) is -3.16. The van der Waals surface area contributed by atoms with Gasteiger partial charge in [-0.05, 0) is 45.2 Å². The Morgan fingerprint density at radius 3 is 2.62 bits per heavy atom. The van der Waals surface area contributed by atoms with Gasteiger partial charge in [0.05, 0.1) is 19.0 Å². The van der Waals surface area contributed by atoms with E-state index in [2.05, 4.69) is 14.9 Å². The Hall–Kier alpha value is -0.210. The zero-order valence-corrected chi connectivity index (χ0v) is 13.8. The first-order valence-corrected chi connectivity index (χ1v) is 9.71. The second kappa shape index (κ2) is 8.43. The van der Waals surface area contributed by atoms with Crippen LogP contribution in [0.1, 0.15) is 26.2 Å². The minimum atomic E-state index is -3.16. The first kappa shape index (κ1) is 17.1. The van der Waals surface area contributed by atoms with E-state index in [9.17, 15) is 8.42 Å². The maximum Gasteiger partial charge on any atom is 0.211 e. The summed E-state index contributed by atoms with van der Waals surface area (Å²) in [6.07, 6.45) is 2.97. The number of hydrogen-bond acceptors (Lipinski definition) is 5. The molecule has 2 aliphatic rings. The first-order chi connectivity index (χ1) is 10.1. The lowest BCUT2D eigenvalue weighted by molar-refractivity contribution is 0.0354. The second-order valence-corrected chi connectivity index (χ2v) is 8.11. The standard InChI is InChI=1S/C14H29N3O3S/c1-13(12-17-7-9-20-10-8-17)16-21(18,19)11-4-14-2-5-15-6-3-14/h13-16H,2-12H2,1H3. The molecule has 2 heterocycles. The average Bonchev–Trinajstić information content (AvgIpc) is 2.47. The van der Waals surface area contributed by atoms with E-state index in [0.29, 0.717) is 5.92 Å². The number of piperidine rings is 1. The molecule has 21 heavy (non-hydrogen) atoms. The predicted octanol–water partition coefficient (Wildman–Crippen LogP) is 0.0162. The summed E-state index contributed by atoms with van der Waals surface area (Å²) in [4.78, 5) is 2.25. The Labute approximate surface area is 128 Å². The van der Waals surface area contributed by atoms with Crippen molar-refractivity contribution in [1.29, 1.82) is 0 Å². The Morgan fingerprint density at radius 1 is 1.29 bits per heavy atom. The summed E-state index contributed by atoms with van der Waals surface area (Å²) >= 11 is 0. The zero-order chi connectivity index (χ0) is 15.1. The van der Waals surface area contributed by atoms with E-state index < -0.39 is 10.0 Å². The van der Waals surface area contributed by atoms with Crippen molar-refractivity contribution in [3.8, 4) is 0 Å². The van der Waals surface area contributed by atoms with E-state index in [1.165, 1.54) is 0 Å². The molecular formula is C14H29N3O3S. The van der Waals surface area contributed by atoms with Gasteiger partial charge in [0.2, 0.25) is 10.0 Å². The monoisotopic (exact) mass is 319 g/mol. The smallest absolute Gasteiger partial charge is 0.211 e. The summed E-state index contributed by atoms with van der Waals surface area (Å²) in [5.74, 6) is 0.808. The molecule has 0 aliphatic carbocycles. The Kier molecular flexibility index (Phi) is 6.88. The van der Waals surface area contributed by atoms with Gasteiger partial charge < -0.3 is 10.1 Å². The predicted molar refractivity (Wildman–Crippen MR) is 83.9 cm³/mol. The van der Waals surface area contributed by atoms with Crippen LogP contribution < -0.4 is 10.0 Å². The Bertz CT molecular complexity index is 390. The minimum absolute atomic E-state index is 0.0406. The highest BCUT2D eigenvalue weighted by Gasteiger charge is 2.21. The van der Waals surface area contributed by atoms with Crippen LogP contribution in [-0.4, -0.2) is 71.0 Å². The maximum absolute atomic E-state index is 12.2. The quantitative estimate of drug-likeness (QED) is 0.692. The van der Waals surface area contributed by atoms with Crippen LogP contribution in [-0.2, 0) is 14.8 Å². The fourth-order valence-electron chi connectivity index (χ4n) is 3.07. The fourth-order valence-corrected chi connectivity index (χ4v) is 4.52. The van der Waals surface area contributed by atoms with Crippen LogP contribution in [0.3, 0.4) is 0 Å². The van der Waals surface area contributed by atoms with Gasteiger partial charge in [0.15, 0.2) is 0 Å². The van der Waals surface area contributed by atoms with Crippen LogP contribution in [0.4, 0.5) is 0 Å². The minimum Gasteiger partial charge on any atom is -0.379 e. The molecule has 2 N–H and O–H groups in total. The molecule has 0 amide bonds. The summed E-state index contributed by atoms with van der Waals surface area (Å²) in [6, 6.07) is -0.0406. The average molecular weight is 319 g/mol. The molecule has 2 fully saturated rings. The van der Waals surface area contributed by atoms with Crippen molar-refractivity contribution < 1.29 is 13.2 Å². The van der Waals surface area contributed by atoms with Gasteiger partial charge in [0.25, 0.3) is 0 Å². The summed E-state index contributed by atoms with van der Waals surface area (Å²) in [5.41, 5.74) is 0. The molecule has 0 radical (unpaired) electrons. The van der Waals surface area contributed by atoms with Crippen molar-refractivity contribution in [3.05, 3.63) is 0 Å². The molecule has 0 spiro atoms. The van der Waals surface area contributed by atoms with E-state index in [0.717, 1.165) is 65.2 Å². The van der Waals surface area contributed by atoms with Crippen LogP contribution in [0.5, 0.6) is 0 Å². The molecule has 1 atom stereocenters. The highest BCUT2D eigenvalue weighted by molar-refractivity contribution is 7.89. The van der Waals surface area contributed by atoms with Crippen LogP contribution >= 0.6 is 0 Å². The summed E-state index contributed by atoms with van der Waals surface area (Å²) < 4.78 is 32.4. The van der Waals surface area contributed by atoms with Gasteiger partial charge in [-0.15, -0.1) is 0 Å². The van der Waals surface area contributed by atoms with Crippen LogP contribution in [0.2, 0.25) is 0 Å². The van der Waals surface area contributed by atoms with Crippen molar-refractivity contribution in [2.24, 2.45) is 5.92 Å². The molecule has 6 nitrogen and oxygen atoms in total. The normalized spacial score (nSPS) is 24.0. The number of morpholine rings is 1. The van der Waals surface area contributed by atoms with E-state index >= 15 is 0 Å². The first-order valence-electron chi connectivity index (χ1n) is 8.06. The van der Waals surface area contributed by atoms with Crippen molar-refractivity contribution in [3.63, 3.8) is 0 Å². The van der Waals surface area contributed by atoms with Gasteiger partial charge in [0.1, 0.15) is 0 Å². The second-order valence-electron chi connectivity index (χ2n) is 6.23. The van der Waals surface area contributed by atoms with Crippen molar-refractivity contribution in [2.45, 2.75) is 32.2 Å². The third kappa shape index (κ3) is 6.61. The molecule has 0 aromatic carbocycles. The molecule has 2 rings (SSSR count). The van der Waals surface area contributed by atoms with Gasteiger partial charge in [-0.25, -0.2) is 13.1 Å².